The van der Waals surface area contributed by atoms with Crippen molar-refractivity contribution in [3.63, 3.8) is 0 Å². The van der Waals surface area contributed by atoms with E-state index >= 15 is 0 Å². The van der Waals surface area contributed by atoms with Crippen molar-refractivity contribution in [2.24, 2.45) is 0 Å². The molecule has 2 heterocycles. The van der Waals surface area contributed by atoms with Crippen molar-refractivity contribution in [3.05, 3.63) is 28.4 Å². The van der Waals surface area contributed by atoms with Gasteiger partial charge < -0.3 is 14.2 Å². The molecule has 7 heteroatoms. The predicted molar refractivity (Wildman–Crippen MR) is 56.9 cm³/mol. The third kappa shape index (κ3) is 2.51. The second-order valence-corrected chi connectivity index (χ2v) is 3.55. The summed E-state index contributed by atoms with van der Waals surface area (Å²) in [6.07, 6.45) is 0.852. The summed E-state index contributed by atoms with van der Waals surface area (Å²) >= 11 is 0. The molecular weight excluding hydrogens is 228 g/mol. The zero-order valence-corrected chi connectivity index (χ0v) is 9.24. The second-order valence-electron chi connectivity index (χ2n) is 3.55. The maximum absolute atomic E-state index is 10.8. The Morgan fingerprint density at radius 3 is 3.00 bits per heavy atom. The van der Waals surface area contributed by atoms with Crippen molar-refractivity contribution in [2.75, 3.05) is 20.3 Å². The predicted octanol–water partition coefficient (Wildman–Crippen LogP) is 0.782. The smallest absolute Gasteiger partial charge is 0.330 e. The molecular formula is C10H12N2O5. The van der Waals surface area contributed by atoms with E-state index in [1.165, 1.54) is 18.3 Å². The van der Waals surface area contributed by atoms with E-state index in [-0.39, 0.29) is 23.8 Å². The summed E-state index contributed by atoms with van der Waals surface area (Å²) in [5, 5.41) is 10.8. The van der Waals surface area contributed by atoms with Gasteiger partial charge in [0.1, 0.15) is 6.10 Å². The Labute approximate surface area is 97.5 Å². The fourth-order valence-electron chi connectivity index (χ4n) is 1.60. The van der Waals surface area contributed by atoms with Crippen LogP contribution in [0, 0.1) is 10.1 Å². The van der Waals surface area contributed by atoms with E-state index in [1.54, 1.807) is 7.11 Å². The van der Waals surface area contributed by atoms with E-state index in [0.717, 1.165) is 0 Å². The normalized spacial score (nSPS) is 23.6. The van der Waals surface area contributed by atoms with Crippen LogP contribution in [0.25, 0.3) is 0 Å². The maximum atomic E-state index is 10.8. The van der Waals surface area contributed by atoms with Gasteiger partial charge in [-0.2, -0.15) is 0 Å². The van der Waals surface area contributed by atoms with E-state index < -0.39 is 4.92 Å². The summed E-state index contributed by atoms with van der Waals surface area (Å²) < 4.78 is 15.8. The van der Waals surface area contributed by atoms with E-state index in [0.29, 0.717) is 13.2 Å². The van der Waals surface area contributed by atoms with Crippen LogP contribution >= 0.6 is 0 Å². The molecule has 17 heavy (non-hydrogen) atoms. The molecule has 0 aromatic carbocycles. The van der Waals surface area contributed by atoms with Gasteiger partial charge in [0.2, 0.25) is 0 Å². The van der Waals surface area contributed by atoms with Crippen LogP contribution in [0.15, 0.2) is 18.3 Å². The summed E-state index contributed by atoms with van der Waals surface area (Å²) in [4.78, 5) is 14.1. The van der Waals surface area contributed by atoms with Gasteiger partial charge in [-0.3, -0.25) is 10.1 Å². The summed E-state index contributed by atoms with van der Waals surface area (Å²) in [6, 6.07) is 2.84. The molecule has 0 amide bonds. The highest BCUT2D eigenvalue weighted by Gasteiger charge is 2.32. The van der Waals surface area contributed by atoms with Gasteiger partial charge in [0.15, 0.2) is 6.10 Å². The molecule has 0 saturated carbocycles. The number of pyridine rings is 1. The summed E-state index contributed by atoms with van der Waals surface area (Å²) in [7, 11) is 1.54. The molecule has 0 aliphatic carbocycles. The first-order chi connectivity index (χ1) is 8.22. The number of aromatic nitrogens is 1. The molecule has 2 rings (SSSR count). The fraction of sp³-hybridized carbons (Fsp3) is 0.500. The molecule has 1 saturated heterocycles. The van der Waals surface area contributed by atoms with E-state index in [4.69, 9.17) is 14.2 Å². The fourth-order valence-corrected chi connectivity index (χ4v) is 1.60. The van der Waals surface area contributed by atoms with Crippen LogP contribution in [0.4, 0.5) is 5.69 Å². The Morgan fingerprint density at radius 2 is 2.29 bits per heavy atom. The number of hydrogen-bond acceptors (Lipinski definition) is 6. The van der Waals surface area contributed by atoms with Gasteiger partial charge in [-0.1, -0.05) is 0 Å². The van der Waals surface area contributed by atoms with Gasteiger partial charge in [0.05, 0.1) is 18.1 Å². The lowest BCUT2D eigenvalue weighted by molar-refractivity contribution is -0.386. The number of rotatable bonds is 4. The Morgan fingerprint density at radius 1 is 1.53 bits per heavy atom. The lowest BCUT2D eigenvalue weighted by Crippen LogP contribution is -2.32. The van der Waals surface area contributed by atoms with Crippen LogP contribution in [-0.2, 0) is 9.47 Å². The third-order valence-electron chi connectivity index (χ3n) is 2.49. The molecule has 0 bridgehead atoms. The van der Waals surface area contributed by atoms with Gasteiger partial charge >= 0.3 is 5.69 Å². The minimum Gasteiger partial charge on any atom is -0.464 e. The van der Waals surface area contributed by atoms with Crippen molar-refractivity contribution in [2.45, 2.75) is 12.2 Å². The Balaban J connectivity index is 2.15. The summed E-state index contributed by atoms with van der Waals surface area (Å²) in [5.41, 5.74) is -0.158. The Kier molecular flexibility index (Phi) is 3.50. The van der Waals surface area contributed by atoms with Crippen molar-refractivity contribution in [3.8, 4) is 5.88 Å². The molecule has 0 unspecified atom stereocenters. The van der Waals surface area contributed by atoms with Crippen LogP contribution in [0.2, 0.25) is 0 Å². The third-order valence-corrected chi connectivity index (χ3v) is 2.49. The SMILES string of the molecule is CO[C@@H]1COC[C@H]1Oc1ncccc1[N+](=O)[O-]. The molecule has 0 radical (unpaired) electrons. The van der Waals surface area contributed by atoms with E-state index in [2.05, 4.69) is 4.98 Å². The van der Waals surface area contributed by atoms with Crippen LogP contribution in [0.3, 0.4) is 0 Å². The van der Waals surface area contributed by atoms with Crippen LogP contribution in [0.5, 0.6) is 5.88 Å². The molecule has 7 nitrogen and oxygen atoms in total. The zero-order chi connectivity index (χ0) is 12.3. The van der Waals surface area contributed by atoms with Crippen molar-refractivity contribution in [1.29, 1.82) is 0 Å². The Bertz CT molecular complexity index is 411. The second kappa shape index (κ2) is 5.07. The molecule has 1 aromatic rings. The molecule has 1 aromatic heterocycles. The highest BCUT2D eigenvalue weighted by molar-refractivity contribution is 5.39. The van der Waals surface area contributed by atoms with Gasteiger partial charge in [-0.25, -0.2) is 4.98 Å². The van der Waals surface area contributed by atoms with Gasteiger partial charge in [-0.05, 0) is 6.07 Å². The maximum Gasteiger partial charge on any atom is 0.330 e. The number of ether oxygens (including phenoxy) is 3. The average Bonchev–Trinajstić information content (AvgIpc) is 2.77. The van der Waals surface area contributed by atoms with Crippen LogP contribution < -0.4 is 4.74 Å². The first kappa shape index (κ1) is 11.7. The molecule has 1 aliphatic rings. The molecule has 0 spiro atoms. The van der Waals surface area contributed by atoms with Crippen molar-refractivity contribution >= 4 is 5.69 Å². The molecule has 92 valence electrons. The molecule has 1 fully saturated rings. The van der Waals surface area contributed by atoms with E-state index in [1.807, 2.05) is 0 Å². The molecule has 2 atom stereocenters. The lowest BCUT2D eigenvalue weighted by Gasteiger charge is -2.16. The van der Waals surface area contributed by atoms with Crippen LogP contribution in [0.1, 0.15) is 0 Å². The minimum absolute atomic E-state index is 0.00458. The Hall–Kier alpha value is -1.73. The number of nitro groups is 1. The lowest BCUT2D eigenvalue weighted by atomic mass is 10.2. The first-order valence-corrected chi connectivity index (χ1v) is 5.09. The minimum atomic E-state index is -0.528. The van der Waals surface area contributed by atoms with Gasteiger partial charge in [0, 0.05) is 19.4 Å². The van der Waals surface area contributed by atoms with Gasteiger partial charge in [0.25, 0.3) is 5.88 Å². The number of methoxy groups -OCH3 is 1. The highest BCUT2D eigenvalue weighted by atomic mass is 16.6. The monoisotopic (exact) mass is 240 g/mol. The molecule has 0 N–H and O–H groups in total. The first-order valence-electron chi connectivity index (χ1n) is 5.09. The topological polar surface area (TPSA) is 83.7 Å². The quantitative estimate of drug-likeness (QED) is 0.571. The largest absolute Gasteiger partial charge is 0.464 e. The van der Waals surface area contributed by atoms with E-state index in [9.17, 15) is 10.1 Å². The van der Waals surface area contributed by atoms with Crippen LogP contribution in [-0.4, -0.2) is 42.4 Å². The average molecular weight is 240 g/mol. The van der Waals surface area contributed by atoms with Crippen molar-refractivity contribution < 1.29 is 19.1 Å². The number of nitrogens with zero attached hydrogens (tertiary/aromatic N) is 2. The van der Waals surface area contributed by atoms with Gasteiger partial charge in [-0.15, -0.1) is 0 Å². The standard InChI is InChI=1S/C10H12N2O5/c1-15-8-5-16-6-9(8)17-10-7(12(13)14)3-2-4-11-10/h2-4,8-9H,5-6H2,1H3/t8-,9-/m1/s1. The number of hydrogen-bond donors (Lipinski definition) is 0. The summed E-state index contributed by atoms with van der Waals surface area (Å²) in [5.74, 6) is -0.00458. The summed E-state index contributed by atoms with van der Waals surface area (Å²) in [6.45, 7) is 0.758. The highest BCUT2D eigenvalue weighted by Crippen LogP contribution is 2.26. The van der Waals surface area contributed by atoms with Crippen molar-refractivity contribution in [1.82, 2.24) is 4.98 Å². The molecule has 1 aliphatic heterocycles. The zero-order valence-electron chi connectivity index (χ0n) is 9.24.